The summed E-state index contributed by atoms with van der Waals surface area (Å²) in [5.41, 5.74) is 4.32. The van der Waals surface area contributed by atoms with Crippen LogP contribution in [0.4, 0.5) is 0 Å². The third kappa shape index (κ3) is 5.03. The fraction of sp³-hybridized carbons (Fsp3) is 0.458. The van der Waals surface area contributed by atoms with Crippen LogP contribution in [0.2, 0.25) is 0 Å². The largest absolute Gasteiger partial charge is 0.353 e. The number of nitrogens with one attached hydrogen (secondary N) is 1. The van der Waals surface area contributed by atoms with Crippen molar-refractivity contribution in [1.82, 2.24) is 19.9 Å². The highest BCUT2D eigenvalue weighted by atomic mass is 16.1. The van der Waals surface area contributed by atoms with Crippen molar-refractivity contribution < 1.29 is 4.79 Å². The number of pyridine rings is 1. The van der Waals surface area contributed by atoms with E-state index < -0.39 is 0 Å². The summed E-state index contributed by atoms with van der Waals surface area (Å²) in [6.07, 6.45) is 9.98. The molecule has 1 aliphatic carbocycles. The average molecular weight is 391 g/mol. The molecule has 4 rings (SSSR count). The first-order valence-electron chi connectivity index (χ1n) is 10.8. The van der Waals surface area contributed by atoms with Crippen LogP contribution in [0.3, 0.4) is 0 Å². The number of hydrogen-bond donors (Lipinski definition) is 1. The van der Waals surface area contributed by atoms with E-state index in [4.69, 9.17) is 4.98 Å². The molecular formula is C24H30N4O. The molecule has 29 heavy (non-hydrogen) atoms. The van der Waals surface area contributed by atoms with Gasteiger partial charge >= 0.3 is 0 Å². The topological polar surface area (TPSA) is 59.8 Å². The van der Waals surface area contributed by atoms with Gasteiger partial charge in [0.15, 0.2) is 5.65 Å². The van der Waals surface area contributed by atoms with Gasteiger partial charge in [-0.05, 0) is 43.9 Å². The SMILES string of the molecule is Cc1ccc(Cn2c(CCCC(=O)NC3CCCCC3)nc3cccnc32)cc1. The number of rotatable bonds is 7. The fourth-order valence-electron chi connectivity index (χ4n) is 4.19. The predicted octanol–water partition coefficient (Wildman–Crippen LogP) is 4.56. The summed E-state index contributed by atoms with van der Waals surface area (Å²) >= 11 is 0. The van der Waals surface area contributed by atoms with Gasteiger partial charge in [-0.2, -0.15) is 0 Å². The van der Waals surface area contributed by atoms with Crippen LogP contribution < -0.4 is 5.32 Å². The fourth-order valence-corrected chi connectivity index (χ4v) is 4.19. The van der Waals surface area contributed by atoms with E-state index >= 15 is 0 Å². The maximum absolute atomic E-state index is 12.3. The summed E-state index contributed by atoms with van der Waals surface area (Å²) < 4.78 is 2.19. The molecule has 0 saturated heterocycles. The molecule has 1 N–H and O–H groups in total. The molecule has 1 saturated carbocycles. The number of imidazole rings is 1. The third-order valence-corrected chi connectivity index (χ3v) is 5.82. The Hall–Kier alpha value is -2.69. The second kappa shape index (κ2) is 9.21. The van der Waals surface area contributed by atoms with Crippen LogP contribution in [0, 0.1) is 6.92 Å². The Morgan fingerprint density at radius 1 is 1.14 bits per heavy atom. The lowest BCUT2D eigenvalue weighted by Gasteiger charge is -2.22. The molecule has 2 aromatic heterocycles. The molecule has 0 bridgehead atoms. The molecule has 1 amide bonds. The molecular weight excluding hydrogens is 360 g/mol. The summed E-state index contributed by atoms with van der Waals surface area (Å²) in [6.45, 7) is 2.85. The Kier molecular flexibility index (Phi) is 6.23. The van der Waals surface area contributed by atoms with Crippen LogP contribution in [-0.2, 0) is 17.8 Å². The first kappa shape index (κ1) is 19.6. The number of benzene rings is 1. The van der Waals surface area contributed by atoms with Crippen molar-refractivity contribution in [3.8, 4) is 0 Å². The standard InChI is InChI=1S/C24H30N4O/c1-18-12-14-19(15-13-18)17-28-22(27-21-9-6-16-25-24(21)28)10-5-11-23(29)26-20-7-3-2-4-8-20/h6,9,12-16,20H,2-5,7-8,10-11,17H2,1H3,(H,26,29). The molecule has 152 valence electrons. The van der Waals surface area contributed by atoms with E-state index in [-0.39, 0.29) is 5.91 Å². The van der Waals surface area contributed by atoms with Gasteiger partial charge in [-0.1, -0.05) is 49.1 Å². The number of amides is 1. The second-order valence-electron chi connectivity index (χ2n) is 8.20. The van der Waals surface area contributed by atoms with Crippen LogP contribution in [0.5, 0.6) is 0 Å². The first-order valence-corrected chi connectivity index (χ1v) is 10.8. The van der Waals surface area contributed by atoms with E-state index in [0.717, 1.165) is 49.2 Å². The Morgan fingerprint density at radius 2 is 1.93 bits per heavy atom. The minimum atomic E-state index is 0.177. The molecule has 0 unspecified atom stereocenters. The molecule has 0 spiro atoms. The average Bonchev–Trinajstić information content (AvgIpc) is 3.08. The van der Waals surface area contributed by atoms with E-state index in [9.17, 15) is 4.79 Å². The number of fused-ring (bicyclic) bond motifs is 1. The quantitative estimate of drug-likeness (QED) is 0.643. The predicted molar refractivity (Wildman–Crippen MR) is 116 cm³/mol. The zero-order valence-corrected chi connectivity index (χ0v) is 17.2. The molecule has 0 radical (unpaired) electrons. The Labute approximate surface area is 172 Å². The molecule has 1 fully saturated rings. The maximum Gasteiger partial charge on any atom is 0.220 e. The summed E-state index contributed by atoms with van der Waals surface area (Å²) in [4.78, 5) is 21.7. The van der Waals surface area contributed by atoms with Crippen molar-refractivity contribution in [2.75, 3.05) is 0 Å². The smallest absolute Gasteiger partial charge is 0.220 e. The zero-order valence-electron chi connectivity index (χ0n) is 17.2. The van der Waals surface area contributed by atoms with Crippen molar-refractivity contribution in [3.05, 3.63) is 59.5 Å². The number of carbonyl (C=O) groups is 1. The van der Waals surface area contributed by atoms with Crippen molar-refractivity contribution in [2.45, 2.75) is 70.9 Å². The molecule has 0 aliphatic heterocycles. The van der Waals surface area contributed by atoms with Gasteiger partial charge in [0, 0.05) is 25.1 Å². The van der Waals surface area contributed by atoms with Crippen molar-refractivity contribution >= 4 is 17.1 Å². The molecule has 5 heteroatoms. The summed E-state index contributed by atoms with van der Waals surface area (Å²) in [7, 11) is 0. The number of hydrogen-bond acceptors (Lipinski definition) is 3. The van der Waals surface area contributed by atoms with Crippen LogP contribution in [0.25, 0.3) is 11.2 Å². The van der Waals surface area contributed by atoms with Gasteiger partial charge in [0.25, 0.3) is 0 Å². The maximum atomic E-state index is 12.3. The van der Waals surface area contributed by atoms with Crippen molar-refractivity contribution in [3.63, 3.8) is 0 Å². The minimum absolute atomic E-state index is 0.177. The first-order chi connectivity index (χ1) is 14.2. The number of aryl methyl sites for hydroxylation is 2. The van der Waals surface area contributed by atoms with Gasteiger partial charge in [0.1, 0.15) is 11.3 Å². The van der Waals surface area contributed by atoms with Crippen LogP contribution in [-0.4, -0.2) is 26.5 Å². The van der Waals surface area contributed by atoms with Gasteiger partial charge in [0.05, 0.1) is 6.54 Å². The van der Waals surface area contributed by atoms with Gasteiger partial charge in [0.2, 0.25) is 5.91 Å². The molecule has 0 atom stereocenters. The normalized spacial score (nSPS) is 14.9. The minimum Gasteiger partial charge on any atom is -0.353 e. The monoisotopic (exact) mass is 390 g/mol. The van der Waals surface area contributed by atoms with Gasteiger partial charge in [-0.25, -0.2) is 9.97 Å². The van der Waals surface area contributed by atoms with E-state index in [1.807, 2.05) is 18.3 Å². The number of aromatic nitrogens is 3. The summed E-state index contributed by atoms with van der Waals surface area (Å²) in [5.74, 6) is 1.18. The highest BCUT2D eigenvalue weighted by molar-refractivity contribution is 5.76. The lowest BCUT2D eigenvalue weighted by molar-refractivity contribution is -0.122. The molecule has 2 heterocycles. The summed E-state index contributed by atoms with van der Waals surface area (Å²) in [5, 5.41) is 3.21. The van der Waals surface area contributed by atoms with Gasteiger partial charge < -0.3 is 9.88 Å². The van der Waals surface area contributed by atoms with Crippen LogP contribution in [0.1, 0.15) is 61.9 Å². The lowest BCUT2D eigenvalue weighted by Crippen LogP contribution is -2.36. The molecule has 1 aliphatic rings. The molecule has 3 aromatic rings. The Bertz CT molecular complexity index is 955. The number of carbonyl (C=O) groups excluding carboxylic acids is 1. The molecule has 5 nitrogen and oxygen atoms in total. The molecule has 1 aromatic carbocycles. The Balaban J connectivity index is 1.42. The van der Waals surface area contributed by atoms with Gasteiger partial charge in [-0.15, -0.1) is 0 Å². The zero-order chi connectivity index (χ0) is 20.1. The Morgan fingerprint density at radius 3 is 2.72 bits per heavy atom. The van der Waals surface area contributed by atoms with E-state index in [1.54, 1.807) is 0 Å². The van der Waals surface area contributed by atoms with Gasteiger partial charge in [-0.3, -0.25) is 4.79 Å². The summed E-state index contributed by atoms with van der Waals surface area (Å²) in [6, 6.07) is 12.9. The highest BCUT2D eigenvalue weighted by Gasteiger charge is 2.16. The highest BCUT2D eigenvalue weighted by Crippen LogP contribution is 2.19. The lowest BCUT2D eigenvalue weighted by atomic mass is 9.95. The van der Waals surface area contributed by atoms with E-state index in [2.05, 4.69) is 46.1 Å². The van der Waals surface area contributed by atoms with Crippen molar-refractivity contribution in [1.29, 1.82) is 0 Å². The van der Waals surface area contributed by atoms with Crippen LogP contribution in [0.15, 0.2) is 42.6 Å². The van der Waals surface area contributed by atoms with E-state index in [0.29, 0.717) is 12.5 Å². The second-order valence-corrected chi connectivity index (χ2v) is 8.20. The van der Waals surface area contributed by atoms with Crippen molar-refractivity contribution in [2.24, 2.45) is 0 Å². The third-order valence-electron chi connectivity index (χ3n) is 5.82. The van der Waals surface area contributed by atoms with E-state index in [1.165, 1.54) is 30.4 Å². The number of nitrogens with zero attached hydrogens (tertiary/aromatic N) is 3. The van der Waals surface area contributed by atoms with Crippen LogP contribution >= 0.6 is 0 Å².